The van der Waals surface area contributed by atoms with Crippen LogP contribution in [0, 0.1) is 5.92 Å². The molecule has 37 heavy (non-hydrogen) atoms. The van der Waals surface area contributed by atoms with E-state index in [1.165, 1.54) is 17.7 Å². The van der Waals surface area contributed by atoms with Gasteiger partial charge in [-0.25, -0.2) is 0 Å². The van der Waals surface area contributed by atoms with Crippen molar-refractivity contribution < 1.29 is 22.7 Å². The van der Waals surface area contributed by atoms with Gasteiger partial charge in [-0.3, -0.25) is 4.79 Å². The number of carbonyl (C=O) groups is 1. The topological polar surface area (TPSA) is 32.8 Å². The molecular weight excluding hydrogens is 477 g/mol. The summed E-state index contributed by atoms with van der Waals surface area (Å²) in [6.45, 7) is 11.4. The SMILES string of the molecule is CCOc1ccc2c(c1)C(CCN1CCC(c3ccc(C(F)(F)F)cc3)CC1)C(CC)N2C(=O)C(C)C. The third-order valence-corrected chi connectivity index (χ3v) is 7.97. The quantitative estimate of drug-likeness (QED) is 0.371. The molecule has 4 rings (SSSR count). The van der Waals surface area contributed by atoms with E-state index >= 15 is 0 Å². The maximum Gasteiger partial charge on any atom is 0.416 e. The number of piperidine rings is 1. The minimum atomic E-state index is -4.30. The molecule has 202 valence electrons. The maximum absolute atomic E-state index is 13.2. The van der Waals surface area contributed by atoms with Gasteiger partial charge in [0.1, 0.15) is 5.75 Å². The number of halogens is 3. The number of ether oxygens (including phenoxy) is 1. The molecule has 1 fully saturated rings. The number of nitrogens with zero attached hydrogens (tertiary/aromatic N) is 2. The second kappa shape index (κ2) is 11.5. The Kier molecular flexibility index (Phi) is 8.52. The van der Waals surface area contributed by atoms with Gasteiger partial charge in [-0.15, -0.1) is 0 Å². The molecule has 1 saturated heterocycles. The van der Waals surface area contributed by atoms with Crippen molar-refractivity contribution in [2.24, 2.45) is 5.92 Å². The lowest BCUT2D eigenvalue weighted by Gasteiger charge is -2.34. The highest BCUT2D eigenvalue weighted by atomic mass is 19.4. The number of hydrogen-bond donors (Lipinski definition) is 0. The van der Waals surface area contributed by atoms with Gasteiger partial charge in [-0.05, 0) is 99.6 Å². The Balaban J connectivity index is 1.43. The number of alkyl halides is 3. The van der Waals surface area contributed by atoms with Crippen LogP contribution in [0.1, 0.15) is 81.9 Å². The molecule has 2 heterocycles. The second-order valence-electron chi connectivity index (χ2n) is 10.6. The Morgan fingerprint density at radius 2 is 1.73 bits per heavy atom. The van der Waals surface area contributed by atoms with Crippen molar-refractivity contribution >= 4 is 11.6 Å². The highest BCUT2D eigenvalue weighted by Crippen LogP contribution is 2.46. The summed E-state index contributed by atoms with van der Waals surface area (Å²) in [7, 11) is 0. The Hall–Kier alpha value is -2.54. The van der Waals surface area contributed by atoms with Gasteiger partial charge in [-0.2, -0.15) is 13.2 Å². The summed E-state index contributed by atoms with van der Waals surface area (Å²) in [5.74, 6) is 1.48. The molecule has 2 aliphatic rings. The van der Waals surface area contributed by atoms with Crippen LogP contribution in [-0.4, -0.2) is 43.1 Å². The molecule has 0 spiro atoms. The zero-order chi connectivity index (χ0) is 26.7. The molecule has 2 aliphatic heterocycles. The number of likely N-dealkylation sites (tertiary alicyclic amines) is 1. The van der Waals surface area contributed by atoms with Gasteiger partial charge < -0.3 is 14.5 Å². The van der Waals surface area contributed by atoms with Crippen molar-refractivity contribution in [3.05, 3.63) is 59.2 Å². The number of anilines is 1. The molecule has 0 aromatic heterocycles. The molecule has 4 nitrogen and oxygen atoms in total. The smallest absolute Gasteiger partial charge is 0.416 e. The highest BCUT2D eigenvalue weighted by molar-refractivity contribution is 5.98. The van der Waals surface area contributed by atoms with E-state index in [1.807, 2.05) is 37.8 Å². The number of fused-ring (bicyclic) bond motifs is 1. The van der Waals surface area contributed by atoms with E-state index in [0.29, 0.717) is 12.5 Å². The minimum absolute atomic E-state index is 0.0727. The van der Waals surface area contributed by atoms with Crippen LogP contribution < -0.4 is 9.64 Å². The molecule has 2 unspecified atom stereocenters. The third-order valence-electron chi connectivity index (χ3n) is 7.97. The lowest BCUT2D eigenvalue weighted by molar-refractivity contribution is -0.137. The summed E-state index contributed by atoms with van der Waals surface area (Å²) >= 11 is 0. The first-order chi connectivity index (χ1) is 17.6. The predicted octanol–water partition coefficient (Wildman–Crippen LogP) is 7.24. The van der Waals surface area contributed by atoms with Gasteiger partial charge in [0.05, 0.1) is 12.2 Å². The average Bonchev–Trinajstić information content (AvgIpc) is 3.19. The normalized spacial score (nSPS) is 20.9. The predicted molar refractivity (Wildman–Crippen MR) is 141 cm³/mol. The van der Waals surface area contributed by atoms with Gasteiger partial charge in [0.2, 0.25) is 5.91 Å². The standard InChI is InChI=1S/C30H39F3N2O2/c1-5-27-25(26-19-24(37-6-2)11-12-28(26)35(27)29(36)20(3)4)15-18-34-16-13-22(14-17-34)21-7-9-23(10-8-21)30(31,32)33/h7-12,19-20,22,25,27H,5-6,13-18H2,1-4H3. The molecule has 0 bridgehead atoms. The average molecular weight is 517 g/mol. The number of amides is 1. The molecule has 0 N–H and O–H groups in total. The maximum atomic E-state index is 13.2. The van der Waals surface area contributed by atoms with Crippen LogP contribution in [0.25, 0.3) is 0 Å². The van der Waals surface area contributed by atoms with Crippen LogP contribution in [0.4, 0.5) is 18.9 Å². The van der Waals surface area contributed by atoms with Gasteiger partial charge in [0.15, 0.2) is 0 Å². The third kappa shape index (κ3) is 5.97. The monoisotopic (exact) mass is 516 g/mol. The number of benzene rings is 2. The fourth-order valence-electron chi connectivity index (χ4n) is 6.00. The van der Waals surface area contributed by atoms with Gasteiger partial charge in [0.25, 0.3) is 0 Å². The fourth-order valence-corrected chi connectivity index (χ4v) is 6.00. The highest BCUT2D eigenvalue weighted by Gasteiger charge is 2.41. The fraction of sp³-hybridized carbons (Fsp3) is 0.567. The number of rotatable bonds is 8. The van der Waals surface area contributed by atoms with Crippen molar-refractivity contribution in [2.75, 3.05) is 31.1 Å². The van der Waals surface area contributed by atoms with Crippen LogP contribution in [0.3, 0.4) is 0 Å². The molecule has 2 atom stereocenters. The first kappa shape index (κ1) is 27.5. The van der Waals surface area contributed by atoms with Crippen LogP contribution >= 0.6 is 0 Å². The summed E-state index contributed by atoms with van der Waals surface area (Å²) in [5.41, 5.74) is 2.62. The van der Waals surface area contributed by atoms with Gasteiger partial charge in [0, 0.05) is 23.6 Å². The van der Waals surface area contributed by atoms with E-state index in [9.17, 15) is 18.0 Å². The van der Waals surface area contributed by atoms with E-state index in [1.54, 1.807) is 12.1 Å². The van der Waals surface area contributed by atoms with Gasteiger partial charge >= 0.3 is 6.18 Å². The first-order valence-electron chi connectivity index (χ1n) is 13.6. The Morgan fingerprint density at radius 1 is 1.05 bits per heavy atom. The molecule has 0 radical (unpaired) electrons. The Morgan fingerprint density at radius 3 is 2.30 bits per heavy atom. The summed E-state index contributed by atoms with van der Waals surface area (Å²) in [6, 6.07) is 11.9. The van der Waals surface area contributed by atoms with Gasteiger partial charge in [-0.1, -0.05) is 32.9 Å². The minimum Gasteiger partial charge on any atom is -0.494 e. The van der Waals surface area contributed by atoms with Crippen molar-refractivity contribution in [3.63, 3.8) is 0 Å². The summed E-state index contributed by atoms with van der Waals surface area (Å²) in [4.78, 5) is 17.7. The van der Waals surface area contributed by atoms with Crippen LogP contribution in [0.5, 0.6) is 5.75 Å². The molecule has 0 saturated carbocycles. The van der Waals surface area contributed by atoms with E-state index in [2.05, 4.69) is 17.9 Å². The van der Waals surface area contributed by atoms with Crippen molar-refractivity contribution in [1.29, 1.82) is 0 Å². The largest absolute Gasteiger partial charge is 0.494 e. The van der Waals surface area contributed by atoms with Crippen LogP contribution in [-0.2, 0) is 11.0 Å². The van der Waals surface area contributed by atoms with Crippen molar-refractivity contribution in [3.8, 4) is 5.75 Å². The Bertz CT molecular complexity index is 1060. The van der Waals surface area contributed by atoms with Crippen molar-refractivity contribution in [2.45, 2.75) is 77.4 Å². The summed E-state index contributed by atoms with van der Waals surface area (Å²) < 4.78 is 44.5. The lowest BCUT2D eigenvalue weighted by Crippen LogP contribution is -2.42. The molecule has 0 aliphatic carbocycles. The summed E-state index contributed by atoms with van der Waals surface area (Å²) in [5, 5.41) is 0. The van der Waals surface area contributed by atoms with E-state index in [0.717, 1.165) is 62.3 Å². The lowest BCUT2D eigenvalue weighted by atomic mass is 9.87. The van der Waals surface area contributed by atoms with Crippen LogP contribution in [0.15, 0.2) is 42.5 Å². The zero-order valence-electron chi connectivity index (χ0n) is 22.4. The van der Waals surface area contributed by atoms with E-state index in [-0.39, 0.29) is 23.8 Å². The number of hydrogen-bond acceptors (Lipinski definition) is 3. The summed E-state index contributed by atoms with van der Waals surface area (Å²) in [6.07, 6.45) is -0.575. The molecule has 7 heteroatoms. The molecule has 1 amide bonds. The number of carbonyl (C=O) groups excluding carboxylic acids is 1. The first-order valence-corrected chi connectivity index (χ1v) is 13.6. The molecule has 2 aromatic rings. The second-order valence-corrected chi connectivity index (χ2v) is 10.6. The Labute approximate surface area is 218 Å². The molecule has 2 aromatic carbocycles. The van der Waals surface area contributed by atoms with Crippen molar-refractivity contribution in [1.82, 2.24) is 4.90 Å². The zero-order valence-corrected chi connectivity index (χ0v) is 22.4. The van der Waals surface area contributed by atoms with Crippen LogP contribution in [0.2, 0.25) is 0 Å². The molecular formula is C30H39F3N2O2. The van der Waals surface area contributed by atoms with E-state index < -0.39 is 11.7 Å². The van der Waals surface area contributed by atoms with E-state index in [4.69, 9.17) is 4.74 Å².